The highest BCUT2D eigenvalue weighted by molar-refractivity contribution is 7.87. The molecule has 0 fully saturated rings. The first kappa shape index (κ1) is 13.3. The number of halogens is 1. The Morgan fingerprint density at radius 2 is 2.00 bits per heavy atom. The van der Waals surface area contributed by atoms with Gasteiger partial charge in [0.2, 0.25) is 0 Å². The highest BCUT2D eigenvalue weighted by Crippen LogP contribution is 2.32. The van der Waals surface area contributed by atoms with Gasteiger partial charge in [0.25, 0.3) is 0 Å². The summed E-state index contributed by atoms with van der Waals surface area (Å²) >= 11 is 6.94. The van der Waals surface area contributed by atoms with Gasteiger partial charge in [0, 0.05) is 10.6 Å². The highest BCUT2D eigenvalue weighted by atomic mass is 35.5. The molecule has 0 aliphatic heterocycles. The smallest absolute Gasteiger partial charge is 0.309 e. The van der Waals surface area contributed by atoms with Gasteiger partial charge in [-0.25, -0.2) is 0 Å². The maximum atomic E-state index is 11.4. The van der Waals surface area contributed by atoms with Crippen molar-refractivity contribution in [2.24, 2.45) is 0 Å². The van der Waals surface area contributed by atoms with Crippen molar-refractivity contribution in [2.45, 2.75) is 6.92 Å². The third-order valence-corrected chi connectivity index (χ3v) is 4.23. The fourth-order valence-electron chi connectivity index (χ4n) is 1.29. The fraction of sp³-hybridized carbons (Fsp3) is 0.182. The molecule has 0 bridgehead atoms. The monoisotopic (exact) mass is 303 g/mol. The first-order chi connectivity index (χ1) is 8.52. The molecule has 0 N–H and O–H groups in total. The van der Waals surface area contributed by atoms with E-state index in [0.29, 0.717) is 10.7 Å². The normalized spacial score (nSPS) is 11.4. The summed E-state index contributed by atoms with van der Waals surface area (Å²) in [5.41, 5.74) is 1.27. The molecular weight excluding hydrogens is 294 g/mol. The predicted octanol–water partition coefficient (Wildman–Crippen LogP) is 3.19. The van der Waals surface area contributed by atoms with Gasteiger partial charge in [-0.05, 0) is 30.6 Å². The third-order valence-electron chi connectivity index (χ3n) is 2.23. The van der Waals surface area contributed by atoms with Crippen LogP contribution in [0.15, 0.2) is 29.6 Å². The molecule has 96 valence electrons. The molecule has 0 saturated heterocycles. The third kappa shape index (κ3) is 3.01. The van der Waals surface area contributed by atoms with E-state index in [1.807, 2.05) is 0 Å². The van der Waals surface area contributed by atoms with Crippen LogP contribution in [0.3, 0.4) is 0 Å². The van der Waals surface area contributed by atoms with Gasteiger partial charge in [-0.2, -0.15) is 12.8 Å². The van der Waals surface area contributed by atoms with Crippen molar-refractivity contribution in [1.29, 1.82) is 0 Å². The summed E-state index contributed by atoms with van der Waals surface area (Å²) in [6.07, 6.45) is 0. The second kappa shape index (κ2) is 5.26. The Morgan fingerprint density at radius 3 is 2.61 bits per heavy atom. The number of nitrogens with zero attached hydrogens (tertiary/aromatic N) is 1. The SMILES string of the molecule is CCS(=O)(=O)Oc1csnc1-c1ccc(Cl)cc1. The van der Waals surface area contributed by atoms with Crippen LogP contribution in [0.1, 0.15) is 6.92 Å². The Bertz CT molecular complexity index is 635. The Morgan fingerprint density at radius 1 is 1.33 bits per heavy atom. The number of rotatable bonds is 4. The van der Waals surface area contributed by atoms with Crippen LogP contribution in [0.2, 0.25) is 5.02 Å². The van der Waals surface area contributed by atoms with Crippen molar-refractivity contribution >= 4 is 33.3 Å². The summed E-state index contributed by atoms with van der Waals surface area (Å²) < 4.78 is 32.0. The molecule has 0 saturated carbocycles. The summed E-state index contributed by atoms with van der Waals surface area (Å²) in [6, 6.07) is 6.97. The molecule has 1 heterocycles. The molecule has 0 spiro atoms. The Labute approximate surface area is 114 Å². The van der Waals surface area contributed by atoms with Crippen LogP contribution >= 0.6 is 23.1 Å². The molecule has 0 atom stereocenters. The number of aromatic nitrogens is 1. The number of hydrogen-bond acceptors (Lipinski definition) is 5. The first-order valence-corrected chi connectivity index (χ1v) is 7.93. The van der Waals surface area contributed by atoms with Crippen molar-refractivity contribution in [1.82, 2.24) is 4.37 Å². The lowest BCUT2D eigenvalue weighted by Crippen LogP contribution is -2.11. The molecule has 18 heavy (non-hydrogen) atoms. The van der Waals surface area contributed by atoms with Crippen LogP contribution in [0.5, 0.6) is 5.75 Å². The van der Waals surface area contributed by atoms with Crippen molar-refractivity contribution < 1.29 is 12.6 Å². The molecule has 2 aromatic rings. The minimum absolute atomic E-state index is 0.0805. The van der Waals surface area contributed by atoms with Crippen LogP contribution in [0.25, 0.3) is 11.3 Å². The van der Waals surface area contributed by atoms with E-state index in [2.05, 4.69) is 4.37 Å². The maximum Gasteiger partial charge on any atom is 0.309 e. The van der Waals surface area contributed by atoms with E-state index in [0.717, 1.165) is 17.1 Å². The van der Waals surface area contributed by atoms with E-state index in [9.17, 15) is 8.42 Å². The molecule has 0 radical (unpaired) electrons. The molecule has 1 aromatic heterocycles. The van der Waals surface area contributed by atoms with Gasteiger partial charge in [0.15, 0.2) is 5.75 Å². The zero-order valence-corrected chi connectivity index (χ0v) is 11.8. The van der Waals surface area contributed by atoms with Crippen LogP contribution < -0.4 is 4.18 Å². The molecule has 4 nitrogen and oxygen atoms in total. The van der Waals surface area contributed by atoms with Gasteiger partial charge in [0.05, 0.1) is 11.1 Å². The lowest BCUT2D eigenvalue weighted by molar-refractivity contribution is 0.489. The minimum Gasteiger partial charge on any atom is -0.379 e. The first-order valence-electron chi connectivity index (χ1n) is 5.14. The molecule has 0 aliphatic rings. The average Bonchev–Trinajstić information content (AvgIpc) is 2.77. The highest BCUT2D eigenvalue weighted by Gasteiger charge is 2.16. The molecular formula is C11H10ClNO3S2. The lowest BCUT2D eigenvalue weighted by Gasteiger charge is -2.05. The Hall–Kier alpha value is -1.11. The largest absolute Gasteiger partial charge is 0.379 e. The van der Waals surface area contributed by atoms with E-state index in [4.69, 9.17) is 15.8 Å². The summed E-state index contributed by atoms with van der Waals surface area (Å²) in [6.45, 7) is 1.52. The van der Waals surface area contributed by atoms with Crippen molar-refractivity contribution in [3.8, 4) is 17.0 Å². The van der Waals surface area contributed by atoms with Gasteiger partial charge in [-0.15, -0.1) is 0 Å². The Kier molecular flexibility index (Phi) is 3.89. The molecule has 0 aliphatic carbocycles. The van der Waals surface area contributed by atoms with E-state index < -0.39 is 10.1 Å². The summed E-state index contributed by atoms with van der Waals surface area (Å²) in [7, 11) is -3.54. The number of hydrogen-bond donors (Lipinski definition) is 0. The topological polar surface area (TPSA) is 56.3 Å². The Balaban J connectivity index is 2.36. The summed E-state index contributed by atoms with van der Waals surface area (Å²) in [5.74, 6) is 0.173. The molecule has 0 unspecified atom stereocenters. The van der Waals surface area contributed by atoms with E-state index in [-0.39, 0.29) is 11.5 Å². The summed E-state index contributed by atoms with van der Waals surface area (Å²) in [5, 5.41) is 2.18. The zero-order chi connectivity index (χ0) is 13.2. The van der Waals surface area contributed by atoms with Crippen molar-refractivity contribution in [3.05, 3.63) is 34.7 Å². The lowest BCUT2D eigenvalue weighted by atomic mass is 10.1. The second-order valence-corrected chi connectivity index (χ2v) is 6.39. The van der Waals surface area contributed by atoms with Gasteiger partial charge >= 0.3 is 10.1 Å². The fourth-order valence-corrected chi connectivity index (χ4v) is 2.60. The molecule has 7 heteroatoms. The maximum absolute atomic E-state index is 11.4. The van der Waals surface area contributed by atoms with Gasteiger partial charge < -0.3 is 4.18 Å². The molecule has 2 rings (SSSR count). The standard InChI is InChI=1S/C11H10ClNO3S2/c1-2-18(14,15)16-10-7-17-13-11(10)8-3-5-9(12)6-4-8/h3-7H,2H2,1H3. The van der Waals surface area contributed by atoms with E-state index in [1.165, 1.54) is 6.92 Å². The van der Waals surface area contributed by atoms with Gasteiger partial charge in [-0.3, -0.25) is 0 Å². The quantitative estimate of drug-likeness (QED) is 0.814. The van der Waals surface area contributed by atoms with Crippen LogP contribution in [0.4, 0.5) is 0 Å². The molecule has 0 amide bonds. The molecule has 1 aromatic carbocycles. The second-order valence-electron chi connectivity index (χ2n) is 3.46. The minimum atomic E-state index is -3.54. The van der Waals surface area contributed by atoms with E-state index in [1.54, 1.807) is 29.6 Å². The van der Waals surface area contributed by atoms with Gasteiger partial charge in [0.1, 0.15) is 5.69 Å². The average molecular weight is 304 g/mol. The van der Waals surface area contributed by atoms with Gasteiger partial charge in [-0.1, -0.05) is 23.7 Å². The predicted molar refractivity (Wildman–Crippen MR) is 72.6 cm³/mol. The van der Waals surface area contributed by atoms with Crippen molar-refractivity contribution in [2.75, 3.05) is 5.75 Å². The van der Waals surface area contributed by atoms with Crippen LogP contribution in [-0.4, -0.2) is 18.5 Å². The van der Waals surface area contributed by atoms with Crippen LogP contribution in [-0.2, 0) is 10.1 Å². The zero-order valence-electron chi connectivity index (χ0n) is 9.46. The number of benzene rings is 1. The summed E-state index contributed by atoms with van der Waals surface area (Å²) in [4.78, 5) is 0. The van der Waals surface area contributed by atoms with Crippen LogP contribution in [0, 0.1) is 0 Å². The van der Waals surface area contributed by atoms with E-state index >= 15 is 0 Å². The van der Waals surface area contributed by atoms with Crippen molar-refractivity contribution in [3.63, 3.8) is 0 Å².